The third-order valence-electron chi connectivity index (χ3n) is 1.55. The number of phosphoric ester groups is 1. The molecule has 6 nitrogen and oxygen atoms in total. The molecule has 0 aliphatic rings. The van der Waals surface area contributed by atoms with Gasteiger partial charge in [0.25, 0.3) is 0 Å². The van der Waals surface area contributed by atoms with E-state index in [0.29, 0.717) is 0 Å². The van der Waals surface area contributed by atoms with Crippen molar-refractivity contribution < 1.29 is 23.7 Å². The van der Waals surface area contributed by atoms with Gasteiger partial charge in [-0.2, -0.15) is 0 Å². The van der Waals surface area contributed by atoms with E-state index in [1.807, 2.05) is 0 Å². The van der Waals surface area contributed by atoms with Crippen molar-refractivity contribution in [2.24, 2.45) is 0 Å². The van der Waals surface area contributed by atoms with Gasteiger partial charge in [-0.15, -0.1) is 0 Å². The normalized spacial score (nSPS) is 10.6. The van der Waals surface area contributed by atoms with Crippen LogP contribution < -0.4 is 9.84 Å². The lowest BCUT2D eigenvalue weighted by atomic mass is 10.3. The molecule has 16 heavy (non-hydrogen) atoms. The van der Waals surface area contributed by atoms with Gasteiger partial charge in [0.05, 0.1) is 5.69 Å². The van der Waals surface area contributed by atoms with Gasteiger partial charge in [0.15, 0.2) is 5.75 Å². The predicted octanol–water partition coefficient (Wildman–Crippen LogP) is 1.28. The van der Waals surface area contributed by atoms with Gasteiger partial charge < -0.3 is 9.84 Å². The number of nitrogens with one attached hydrogen (secondary N) is 1. The van der Waals surface area contributed by atoms with Crippen LogP contribution in [0, 0.1) is 0 Å². The van der Waals surface area contributed by atoms with E-state index in [9.17, 15) is 9.36 Å². The van der Waals surface area contributed by atoms with Gasteiger partial charge in [0.2, 0.25) is 5.91 Å². The van der Waals surface area contributed by atoms with E-state index in [-0.39, 0.29) is 11.4 Å². The maximum Gasteiger partial charge on any atom is 0.524 e. The summed E-state index contributed by atoms with van der Waals surface area (Å²) in [5, 5.41) is 2.36. The summed E-state index contributed by atoms with van der Waals surface area (Å²) in [6, 6.07) is 5.89. The molecule has 0 atom stereocenters. The molecule has 0 spiro atoms. The Morgan fingerprint density at radius 3 is 2.62 bits per heavy atom. The molecule has 0 aromatic heterocycles. The van der Waals surface area contributed by atoms with Gasteiger partial charge >= 0.3 is 7.82 Å². The summed E-state index contributed by atoms with van der Waals surface area (Å²) < 4.78 is 15.0. The fourth-order valence-electron chi connectivity index (χ4n) is 0.961. The van der Waals surface area contributed by atoms with Crippen molar-refractivity contribution in [3.8, 4) is 5.75 Å². The number of para-hydroxylation sites is 2. The predicted molar refractivity (Wildman–Crippen MR) is 57.9 cm³/mol. The zero-order chi connectivity index (χ0) is 12.2. The number of phosphoric acid groups is 1. The summed E-state index contributed by atoms with van der Waals surface area (Å²) in [5.41, 5.74) is 0.163. The molecular formula is C9H10NO5P. The molecule has 0 fully saturated rings. The van der Waals surface area contributed by atoms with Crippen molar-refractivity contribution in [1.29, 1.82) is 0 Å². The zero-order valence-corrected chi connectivity index (χ0v) is 9.05. The third kappa shape index (κ3) is 3.86. The number of hydrogen-bond acceptors (Lipinski definition) is 3. The van der Waals surface area contributed by atoms with Crippen molar-refractivity contribution >= 4 is 19.4 Å². The van der Waals surface area contributed by atoms with Crippen LogP contribution in [-0.2, 0) is 9.36 Å². The molecule has 0 heterocycles. The standard InChI is InChI=1S/C9H10NO5P/c1-2-9(11)10-7-5-3-4-6-8(7)15-16(12,13)14/h2-6H,1H2,(H,10,11)(H2,12,13,14). The maximum atomic E-state index is 11.0. The van der Waals surface area contributed by atoms with Crippen LogP contribution in [0.1, 0.15) is 0 Å². The lowest BCUT2D eigenvalue weighted by Gasteiger charge is -2.11. The van der Waals surface area contributed by atoms with Gasteiger partial charge in [-0.05, 0) is 18.2 Å². The van der Waals surface area contributed by atoms with Gasteiger partial charge in [0.1, 0.15) is 0 Å². The van der Waals surface area contributed by atoms with Crippen LogP contribution in [0.3, 0.4) is 0 Å². The summed E-state index contributed by atoms with van der Waals surface area (Å²) in [6.07, 6.45) is 1.04. The first-order valence-electron chi connectivity index (χ1n) is 4.20. The van der Waals surface area contributed by atoms with Crippen molar-refractivity contribution in [3.63, 3.8) is 0 Å². The first kappa shape index (κ1) is 12.4. The van der Waals surface area contributed by atoms with Crippen molar-refractivity contribution in [2.75, 3.05) is 5.32 Å². The lowest BCUT2D eigenvalue weighted by Crippen LogP contribution is -2.08. The Kier molecular flexibility index (Phi) is 3.84. The fourth-order valence-corrected chi connectivity index (χ4v) is 1.38. The molecule has 1 rings (SSSR count). The van der Waals surface area contributed by atoms with Crippen molar-refractivity contribution in [3.05, 3.63) is 36.9 Å². The molecule has 0 saturated heterocycles. The van der Waals surface area contributed by atoms with E-state index in [4.69, 9.17) is 9.79 Å². The maximum absolute atomic E-state index is 11.0. The van der Waals surface area contributed by atoms with E-state index in [1.54, 1.807) is 6.07 Å². The van der Waals surface area contributed by atoms with Crippen LogP contribution in [0.25, 0.3) is 0 Å². The second-order valence-electron chi connectivity index (χ2n) is 2.77. The highest BCUT2D eigenvalue weighted by Gasteiger charge is 2.18. The summed E-state index contributed by atoms with van der Waals surface area (Å²) >= 11 is 0. The molecule has 86 valence electrons. The van der Waals surface area contributed by atoms with Crippen LogP contribution in [0.15, 0.2) is 36.9 Å². The molecule has 7 heteroatoms. The SMILES string of the molecule is C=CC(=O)Nc1ccccc1OP(=O)(O)O. The van der Waals surface area contributed by atoms with Crippen LogP contribution in [0.2, 0.25) is 0 Å². The van der Waals surface area contributed by atoms with Crippen LogP contribution >= 0.6 is 7.82 Å². The minimum absolute atomic E-state index is 0.106. The van der Waals surface area contributed by atoms with Crippen molar-refractivity contribution in [2.45, 2.75) is 0 Å². The summed E-state index contributed by atoms with van der Waals surface area (Å²) in [7, 11) is -4.64. The number of carbonyl (C=O) groups is 1. The molecule has 0 radical (unpaired) electrons. The minimum Gasteiger partial charge on any atom is -0.402 e. The molecule has 0 aliphatic carbocycles. The first-order valence-corrected chi connectivity index (χ1v) is 5.73. The molecule has 3 N–H and O–H groups in total. The minimum atomic E-state index is -4.64. The Bertz CT molecular complexity index is 453. The molecule has 0 aliphatic heterocycles. The molecule has 1 aromatic rings. The Morgan fingerprint density at radius 2 is 2.06 bits per heavy atom. The lowest BCUT2D eigenvalue weighted by molar-refractivity contribution is -0.111. The third-order valence-corrected chi connectivity index (χ3v) is 1.98. The second kappa shape index (κ2) is 4.94. The van der Waals surface area contributed by atoms with Gasteiger partial charge in [-0.1, -0.05) is 18.7 Å². The van der Waals surface area contributed by atoms with Crippen LogP contribution in [0.4, 0.5) is 5.69 Å². The highest BCUT2D eigenvalue weighted by Crippen LogP contribution is 2.40. The number of amides is 1. The molecule has 0 unspecified atom stereocenters. The Hall–Kier alpha value is -1.62. The fraction of sp³-hybridized carbons (Fsp3) is 0. The Labute approximate surface area is 91.8 Å². The van der Waals surface area contributed by atoms with Gasteiger partial charge in [-0.25, -0.2) is 4.57 Å². The summed E-state index contributed by atoms with van der Waals surface area (Å²) in [4.78, 5) is 28.3. The monoisotopic (exact) mass is 243 g/mol. The molecule has 0 bridgehead atoms. The molecule has 0 saturated carbocycles. The van der Waals surface area contributed by atoms with E-state index in [1.165, 1.54) is 18.2 Å². The van der Waals surface area contributed by atoms with Crippen LogP contribution in [0.5, 0.6) is 5.75 Å². The van der Waals surface area contributed by atoms with E-state index < -0.39 is 13.7 Å². The first-order chi connectivity index (χ1) is 7.42. The summed E-state index contributed by atoms with van der Waals surface area (Å²) in [6.45, 7) is 3.25. The number of carbonyl (C=O) groups excluding carboxylic acids is 1. The number of hydrogen-bond donors (Lipinski definition) is 3. The smallest absolute Gasteiger partial charge is 0.402 e. The zero-order valence-electron chi connectivity index (χ0n) is 8.16. The number of anilines is 1. The van der Waals surface area contributed by atoms with E-state index in [2.05, 4.69) is 16.4 Å². The van der Waals surface area contributed by atoms with Crippen LogP contribution in [-0.4, -0.2) is 15.7 Å². The number of rotatable bonds is 4. The van der Waals surface area contributed by atoms with E-state index >= 15 is 0 Å². The summed E-state index contributed by atoms with van der Waals surface area (Å²) in [5.74, 6) is -0.604. The highest BCUT2D eigenvalue weighted by atomic mass is 31.2. The van der Waals surface area contributed by atoms with Gasteiger partial charge in [0, 0.05) is 0 Å². The second-order valence-corrected chi connectivity index (χ2v) is 3.94. The molecular weight excluding hydrogens is 233 g/mol. The average molecular weight is 243 g/mol. The van der Waals surface area contributed by atoms with Crippen molar-refractivity contribution in [1.82, 2.24) is 0 Å². The molecule has 1 amide bonds. The average Bonchev–Trinajstić information content (AvgIpc) is 2.18. The molecule has 1 aromatic carbocycles. The quantitative estimate of drug-likeness (QED) is 0.546. The Balaban J connectivity index is 2.96. The highest BCUT2D eigenvalue weighted by molar-refractivity contribution is 7.46. The Morgan fingerprint density at radius 1 is 1.44 bits per heavy atom. The largest absolute Gasteiger partial charge is 0.524 e. The van der Waals surface area contributed by atoms with Gasteiger partial charge in [-0.3, -0.25) is 14.6 Å². The topological polar surface area (TPSA) is 95.9 Å². The number of benzene rings is 1. The van der Waals surface area contributed by atoms with E-state index in [0.717, 1.165) is 6.08 Å².